The average Bonchev–Trinajstić information content (AvgIpc) is 3.46. The molecule has 46 heavy (non-hydrogen) atoms. The number of carbonyl (C=O) groups excluding carboxylic acids is 1. The number of rotatable bonds is 10. The molecule has 0 aliphatic carbocycles. The maximum atomic E-state index is 14.3. The van der Waals surface area contributed by atoms with Crippen molar-refractivity contribution in [3.8, 4) is 11.5 Å². The Labute approximate surface area is 279 Å². The summed E-state index contributed by atoms with van der Waals surface area (Å²) in [6, 6.07) is 25.9. The van der Waals surface area contributed by atoms with Crippen molar-refractivity contribution in [1.82, 2.24) is 14.8 Å². The van der Waals surface area contributed by atoms with Gasteiger partial charge in [0.2, 0.25) is 11.1 Å². The zero-order valence-electron chi connectivity index (χ0n) is 24.8. The standard InChI is InChI=1S/C34H28Cl2FN5O3S/c1-20-30(32(43)39-28-12-5-6-13-29(28)44-2)31(21-14-16-23(17-15-21)45-18-24-26(36)10-7-11-27(24)37)42-33(38-20)40-34(41-42)46-19-22-8-3-4-9-25(22)35/h3-17,31H,18-19H2,1-2H3,(H,39,43)(H,38,40,41). The first-order chi connectivity index (χ1) is 22.3. The Bertz CT molecular complexity index is 1910. The van der Waals surface area contributed by atoms with Gasteiger partial charge in [0, 0.05) is 22.0 Å². The number of aromatic nitrogens is 3. The maximum absolute atomic E-state index is 14.3. The van der Waals surface area contributed by atoms with E-state index >= 15 is 0 Å². The van der Waals surface area contributed by atoms with Crippen molar-refractivity contribution in [2.75, 3.05) is 17.7 Å². The number of halogens is 3. The summed E-state index contributed by atoms with van der Waals surface area (Å²) in [6.07, 6.45) is 0. The van der Waals surface area contributed by atoms with Gasteiger partial charge in [-0.05, 0) is 60.5 Å². The molecule has 2 heterocycles. The summed E-state index contributed by atoms with van der Waals surface area (Å²) in [5.74, 6) is 1.33. The highest BCUT2D eigenvalue weighted by Crippen LogP contribution is 2.38. The number of nitrogens with zero attached hydrogens (tertiary/aromatic N) is 3. The van der Waals surface area contributed by atoms with Crippen molar-refractivity contribution in [1.29, 1.82) is 0 Å². The number of para-hydroxylation sites is 2. The summed E-state index contributed by atoms with van der Waals surface area (Å²) in [4.78, 5) is 18.7. The lowest BCUT2D eigenvalue weighted by molar-refractivity contribution is -0.113. The van der Waals surface area contributed by atoms with Crippen molar-refractivity contribution in [3.05, 3.63) is 135 Å². The molecule has 6 rings (SSSR count). The number of hydrogen-bond donors (Lipinski definition) is 2. The van der Waals surface area contributed by atoms with Gasteiger partial charge in [-0.25, -0.2) is 9.07 Å². The van der Waals surface area contributed by atoms with E-state index in [1.807, 2.05) is 55.5 Å². The van der Waals surface area contributed by atoms with Crippen LogP contribution < -0.4 is 20.1 Å². The number of fused-ring (bicyclic) bond motifs is 1. The van der Waals surface area contributed by atoms with Gasteiger partial charge in [-0.3, -0.25) is 4.79 Å². The van der Waals surface area contributed by atoms with Gasteiger partial charge in [0.1, 0.15) is 30.0 Å². The zero-order valence-corrected chi connectivity index (χ0v) is 27.1. The third-order valence-corrected chi connectivity index (χ3v) is 9.00. The van der Waals surface area contributed by atoms with Crippen molar-refractivity contribution in [2.24, 2.45) is 0 Å². The van der Waals surface area contributed by atoms with Crippen LogP contribution in [0.3, 0.4) is 0 Å². The van der Waals surface area contributed by atoms with Crippen LogP contribution in [-0.2, 0) is 17.2 Å². The van der Waals surface area contributed by atoms with Crippen LogP contribution in [0.4, 0.5) is 16.0 Å². The fraction of sp³-hybridized carbons (Fsp3) is 0.147. The summed E-state index contributed by atoms with van der Waals surface area (Å²) in [7, 11) is 1.55. The van der Waals surface area contributed by atoms with Crippen molar-refractivity contribution in [3.63, 3.8) is 0 Å². The zero-order chi connectivity index (χ0) is 32.2. The number of benzene rings is 4. The number of carbonyl (C=O) groups is 1. The van der Waals surface area contributed by atoms with E-state index in [0.29, 0.717) is 55.4 Å². The number of nitrogens with one attached hydrogen (secondary N) is 2. The summed E-state index contributed by atoms with van der Waals surface area (Å²) >= 11 is 14.0. The topological polar surface area (TPSA) is 90.3 Å². The van der Waals surface area contributed by atoms with Crippen LogP contribution in [0.25, 0.3) is 0 Å². The molecule has 1 aliphatic heterocycles. The minimum atomic E-state index is -0.636. The molecular weight excluding hydrogens is 648 g/mol. The van der Waals surface area contributed by atoms with E-state index in [2.05, 4.69) is 10.6 Å². The Balaban J connectivity index is 1.31. The number of anilines is 2. The molecule has 12 heteroatoms. The molecule has 0 spiro atoms. The van der Waals surface area contributed by atoms with Gasteiger partial charge < -0.3 is 20.1 Å². The summed E-state index contributed by atoms with van der Waals surface area (Å²) in [5.41, 5.74) is 3.59. The second-order valence-corrected chi connectivity index (χ2v) is 12.1. The van der Waals surface area contributed by atoms with E-state index in [1.165, 1.54) is 17.8 Å². The van der Waals surface area contributed by atoms with Crippen LogP contribution in [0.5, 0.6) is 11.5 Å². The van der Waals surface area contributed by atoms with E-state index in [0.717, 1.165) is 11.1 Å². The second-order valence-electron chi connectivity index (χ2n) is 10.3. The first-order valence-electron chi connectivity index (χ1n) is 14.2. The molecule has 4 aromatic carbocycles. The SMILES string of the molecule is COc1ccccc1NC(=O)C1=C(C)Nc2nc(SCc3ccccc3Cl)nn2C1c1ccc(OCc2c(F)cccc2Cl)cc1. The lowest BCUT2D eigenvalue weighted by Crippen LogP contribution is -2.31. The molecule has 234 valence electrons. The van der Waals surface area contributed by atoms with E-state index in [4.69, 9.17) is 42.8 Å². The van der Waals surface area contributed by atoms with Crippen LogP contribution in [0.2, 0.25) is 10.0 Å². The Morgan fingerprint density at radius 3 is 2.50 bits per heavy atom. The van der Waals surface area contributed by atoms with Gasteiger partial charge in [-0.2, -0.15) is 4.98 Å². The number of hydrogen-bond acceptors (Lipinski definition) is 7. The number of allylic oxidation sites excluding steroid dienone is 1. The summed E-state index contributed by atoms with van der Waals surface area (Å²) in [6.45, 7) is 1.79. The van der Waals surface area contributed by atoms with Gasteiger partial charge >= 0.3 is 0 Å². The van der Waals surface area contributed by atoms with Gasteiger partial charge in [0.15, 0.2) is 0 Å². The first kappa shape index (κ1) is 31.5. The molecule has 1 amide bonds. The second kappa shape index (κ2) is 13.9. The molecule has 0 saturated carbocycles. The monoisotopic (exact) mass is 675 g/mol. The van der Waals surface area contributed by atoms with E-state index in [9.17, 15) is 9.18 Å². The molecule has 2 N–H and O–H groups in total. The lowest BCUT2D eigenvalue weighted by atomic mass is 9.95. The minimum absolute atomic E-state index is 0.0387. The molecule has 0 radical (unpaired) electrons. The van der Waals surface area contributed by atoms with Crippen LogP contribution in [0.1, 0.15) is 29.7 Å². The fourth-order valence-electron chi connectivity index (χ4n) is 5.06. The highest BCUT2D eigenvalue weighted by molar-refractivity contribution is 7.98. The van der Waals surface area contributed by atoms with Crippen LogP contribution in [0, 0.1) is 5.82 Å². The molecular formula is C34H28Cl2FN5O3S. The predicted octanol–water partition coefficient (Wildman–Crippen LogP) is 8.53. The van der Waals surface area contributed by atoms with Crippen molar-refractivity contribution >= 4 is 52.5 Å². The third-order valence-electron chi connectivity index (χ3n) is 7.39. The smallest absolute Gasteiger partial charge is 0.255 e. The van der Waals surface area contributed by atoms with Crippen molar-refractivity contribution < 1.29 is 18.7 Å². The number of amides is 1. The highest BCUT2D eigenvalue weighted by atomic mass is 35.5. The first-order valence-corrected chi connectivity index (χ1v) is 16.0. The van der Waals surface area contributed by atoms with E-state index in [-0.39, 0.29) is 18.1 Å². The molecule has 1 aromatic heterocycles. The van der Waals surface area contributed by atoms with Gasteiger partial charge in [-0.15, -0.1) is 5.10 Å². The maximum Gasteiger partial charge on any atom is 0.255 e. The predicted molar refractivity (Wildman–Crippen MR) is 179 cm³/mol. The highest BCUT2D eigenvalue weighted by Gasteiger charge is 2.35. The Kier molecular flexibility index (Phi) is 9.48. The van der Waals surface area contributed by atoms with Gasteiger partial charge in [0.25, 0.3) is 5.91 Å². The average molecular weight is 677 g/mol. The normalized spacial score (nSPS) is 14.0. The van der Waals surface area contributed by atoms with Crippen LogP contribution >= 0.6 is 35.0 Å². The quantitative estimate of drug-likeness (QED) is 0.143. The van der Waals surface area contributed by atoms with Crippen LogP contribution in [-0.4, -0.2) is 27.8 Å². The Morgan fingerprint density at radius 1 is 1.00 bits per heavy atom. The number of thioether (sulfide) groups is 1. The molecule has 0 bridgehead atoms. The van der Waals surface area contributed by atoms with E-state index in [1.54, 1.807) is 48.2 Å². The van der Waals surface area contributed by atoms with Crippen LogP contribution in [0.15, 0.2) is 107 Å². The molecule has 0 saturated heterocycles. The minimum Gasteiger partial charge on any atom is -0.495 e. The van der Waals surface area contributed by atoms with Crippen molar-refractivity contribution in [2.45, 2.75) is 30.5 Å². The van der Waals surface area contributed by atoms with Gasteiger partial charge in [0.05, 0.1) is 23.4 Å². The molecule has 8 nitrogen and oxygen atoms in total. The fourth-order valence-corrected chi connectivity index (χ4v) is 6.39. The summed E-state index contributed by atoms with van der Waals surface area (Å²) in [5, 5.41) is 12.6. The third kappa shape index (κ3) is 6.69. The molecule has 1 unspecified atom stereocenters. The molecule has 0 fully saturated rings. The summed E-state index contributed by atoms with van der Waals surface area (Å²) < 4.78 is 27.3. The van der Waals surface area contributed by atoms with E-state index < -0.39 is 11.9 Å². The lowest BCUT2D eigenvalue weighted by Gasteiger charge is -2.29. The molecule has 1 atom stereocenters. The Hall–Kier alpha value is -4.51. The molecule has 5 aromatic rings. The number of ether oxygens (including phenoxy) is 2. The van der Waals surface area contributed by atoms with Gasteiger partial charge in [-0.1, -0.05) is 83.5 Å². The Morgan fingerprint density at radius 2 is 1.74 bits per heavy atom. The largest absolute Gasteiger partial charge is 0.495 e. The number of methoxy groups -OCH3 is 1. The molecule has 1 aliphatic rings.